The zero-order valence-electron chi connectivity index (χ0n) is 12.6. The first kappa shape index (κ1) is 18.0. The molecule has 0 fully saturated rings. The van der Waals surface area contributed by atoms with Gasteiger partial charge in [-0.15, -0.1) is 0 Å². The molecule has 0 atom stereocenters. The van der Waals surface area contributed by atoms with Crippen molar-refractivity contribution in [2.24, 2.45) is 7.05 Å². The highest BCUT2D eigenvalue weighted by Gasteiger charge is 2.40. The molecule has 2 aromatic rings. The number of alkyl halides is 3. The van der Waals surface area contributed by atoms with E-state index in [9.17, 15) is 22.8 Å². The third-order valence-electron chi connectivity index (χ3n) is 3.40. The number of carboxylic acid groups (broad SMARTS) is 1. The first-order valence-corrected chi connectivity index (χ1v) is 7.06. The number of Topliss-reactive ketones (excluding diaryl/α,β-unsaturated/α-hetero) is 1. The van der Waals surface area contributed by atoms with Crippen molar-refractivity contribution in [3.05, 3.63) is 51.3 Å². The molecule has 0 spiro atoms. The number of carbonyl (C=O) groups excluding carboxylic acids is 1. The second-order valence-corrected chi connectivity index (χ2v) is 5.56. The zero-order valence-corrected chi connectivity index (χ0v) is 13.4. The average molecular weight is 361 g/mol. The summed E-state index contributed by atoms with van der Waals surface area (Å²) < 4.78 is 40.3. The minimum Gasteiger partial charge on any atom is -0.478 e. The van der Waals surface area contributed by atoms with Crippen molar-refractivity contribution in [1.29, 1.82) is 0 Å². The van der Waals surface area contributed by atoms with Crippen LogP contribution in [0, 0.1) is 6.92 Å². The second-order valence-electron chi connectivity index (χ2n) is 5.15. The third kappa shape index (κ3) is 3.43. The maximum Gasteiger partial charge on any atom is 0.420 e. The first-order chi connectivity index (χ1) is 11.0. The smallest absolute Gasteiger partial charge is 0.420 e. The van der Waals surface area contributed by atoms with E-state index in [1.165, 1.54) is 32.2 Å². The number of aromatic carboxylic acids is 1. The van der Waals surface area contributed by atoms with Crippen molar-refractivity contribution in [3.8, 4) is 0 Å². The quantitative estimate of drug-likeness (QED) is 0.847. The molecule has 0 radical (unpaired) electrons. The number of aryl methyl sites for hydroxylation is 2. The van der Waals surface area contributed by atoms with E-state index in [2.05, 4.69) is 5.10 Å². The molecule has 0 unspecified atom stereocenters. The molecular formula is C15H12ClF3N2O3. The Hall–Kier alpha value is -2.35. The Morgan fingerprint density at radius 1 is 1.33 bits per heavy atom. The van der Waals surface area contributed by atoms with Gasteiger partial charge in [-0.2, -0.15) is 18.3 Å². The van der Waals surface area contributed by atoms with Crippen LogP contribution >= 0.6 is 11.6 Å². The van der Waals surface area contributed by atoms with Gasteiger partial charge in [0.15, 0.2) is 5.78 Å². The summed E-state index contributed by atoms with van der Waals surface area (Å²) in [6.45, 7) is 1.17. The van der Waals surface area contributed by atoms with E-state index in [0.717, 1.165) is 4.68 Å². The largest absolute Gasteiger partial charge is 0.478 e. The number of benzene rings is 1. The third-order valence-corrected chi connectivity index (χ3v) is 3.73. The number of hydrogen-bond acceptors (Lipinski definition) is 3. The van der Waals surface area contributed by atoms with Crippen LogP contribution < -0.4 is 0 Å². The molecule has 5 nitrogen and oxygen atoms in total. The SMILES string of the molecule is Cc1nn(C)c(C(=O)Cc2ccc(Cl)c(C(=O)O)c2)c1C(F)(F)F. The van der Waals surface area contributed by atoms with Gasteiger partial charge in [0.2, 0.25) is 0 Å². The summed E-state index contributed by atoms with van der Waals surface area (Å²) in [7, 11) is 1.25. The van der Waals surface area contributed by atoms with Crippen LogP contribution in [0.3, 0.4) is 0 Å². The highest BCUT2D eigenvalue weighted by molar-refractivity contribution is 6.33. The summed E-state index contributed by atoms with van der Waals surface area (Å²) in [6, 6.07) is 3.84. The Labute approximate surface area is 139 Å². The Balaban J connectivity index is 2.42. The second kappa shape index (κ2) is 6.27. The van der Waals surface area contributed by atoms with Crippen molar-refractivity contribution >= 4 is 23.4 Å². The highest BCUT2D eigenvalue weighted by Crippen LogP contribution is 2.34. The predicted molar refractivity (Wildman–Crippen MR) is 79.4 cm³/mol. The molecule has 1 heterocycles. The van der Waals surface area contributed by atoms with Crippen molar-refractivity contribution in [2.75, 3.05) is 0 Å². The maximum atomic E-state index is 13.1. The molecule has 2 rings (SSSR count). The van der Waals surface area contributed by atoms with Gasteiger partial charge in [-0.3, -0.25) is 9.48 Å². The Morgan fingerprint density at radius 2 is 1.96 bits per heavy atom. The number of carboxylic acids is 1. The van der Waals surface area contributed by atoms with Crippen molar-refractivity contribution in [2.45, 2.75) is 19.5 Å². The van der Waals surface area contributed by atoms with Crippen LogP contribution in [0.4, 0.5) is 13.2 Å². The van der Waals surface area contributed by atoms with Gasteiger partial charge >= 0.3 is 12.1 Å². The van der Waals surface area contributed by atoms with Crippen LogP contribution in [-0.4, -0.2) is 26.6 Å². The monoisotopic (exact) mass is 360 g/mol. The number of hydrogen-bond donors (Lipinski definition) is 1. The van der Waals surface area contributed by atoms with E-state index in [0.29, 0.717) is 0 Å². The predicted octanol–water partition coefficient (Wildman–Crippen LogP) is 3.52. The molecule has 1 N–H and O–H groups in total. The number of rotatable bonds is 4. The maximum absolute atomic E-state index is 13.1. The van der Waals surface area contributed by atoms with Gasteiger partial charge in [0.25, 0.3) is 0 Å². The van der Waals surface area contributed by atoms with Gasteiger partial charge in [-0.05, 0) is 24.6 Å². The molecule has 0 saturated heterocycles. The molecule has 9 heteroatoms. The topological polar surface area (TPSA) is 72.2 Å². The summed E-state index contributed by atoms with van der Waals surface area (Å²) in [6.07, 6.45) is -5.12. The first-order valence-electron chi connectivity index (χ1n) is 6.68. The van der Waals surface area contributed by atoms with Crippen LogP contribution in [0.5, 0.6) is 0 Å². The van der Waals surface area contributed by atoms with E-state index < -0.39 is 35.6 Å². The van der Waals surface area contributed by atoms with Crippen LogP contribution in [0.25, 0.3) is 0 Å². The van der Waals surface area contributed by atoms with E-state index in [-0.39, 0.29) is 21.8 Å². The summed E-state index contributed by atoms with van der Waals surface area (Å²) in [5.41, 5.74) is -1.92. The molecule has 24 heavy (non-hydrogen) atoms. The van der Waals surface area contributed by atoms with Gasteiger partial charge in [-0.25, -0.2) is 4.79 Å². The number of nitrogens with zero attached hydrogens (tertiary/aromatic N) is 2. The molecule has 0 saturated carbocycles. The number of aromatic nitrogens is 2. The summed E-state index contributed by atoms with van der Waals surface area (Å²) in [5, 5.41) is 12.6. The lowest BCUT2D eigenvalue weighted by Crippen LogP contribution is -2.17. The minimum absolute atomic E-state index is 0.0222. The van der Waals surface area contributed by atoms with Crippen LogP contribution in [0.1, 0.15) is 37.7 Å². The fraction of sp³-hybridized carbons (Fsp3) is 0.267. The lowest BCUT2D eigenvalue weighted by Gasteiger charge is -2.10. The summed E-state index contributed by atoms with van der Waals surface area (Å²) in [4.78, 5) is 23.4. The Bertz CT molecular complexity index is 828. The molecule has 1 aromatic heterocycles. The molecule has 0 bridgehead atoms. The van der Waals surface area contributed by atoms with Crippen molar-refractivity contribution in [3.63, 3.8) is 0 Å². The molecule has 0 aliphatic carbocycles. The van der Waals surface area contributed by atoms with E-state index in [1.54, 1.807) is 0 Å². The van der Waals surface area contributed by atoms with Gasteiger partial charge in [-0.1, -0.05) is 17.7 Å². The van der Waals surface area contributed by atoms with Crippen LogP contribution in [0.15, 0.2) is 18.2 Å². The minimum atomic E-state index is -4.71. The van der Waals surface area contributed by atoms with Crippen molar-refractivity contribution in [1.82, 2.24) is 9.78 Å². The van der Waals surface area contributed by atoms with Gasteiger partial charge < -0.3 is 5.11 Å². The summed E-state index contributed by atoms with van der Waals surface area (Å²) in [5.74, 6) is -2.11. The molecule has 128 valence electrons. The highest BCUT2D eigenvalue weighted by atomic mass is 35.5. The van der Waals surface area contributed by atoms with E-state index in [1.807, 2.05) is 0 Å². The van der Waals surface area contributed by atoms with Gasteiger partial charge in [0.05, 0.1) is 16.3 Å². The average Bonchev–Trinajstić information content (AvgIpc) is 2.75. The molecule has 0 aliphatic rings. The standard InChI is InChI=1S/C15H12ClF3N2O3/c1-7-12(15(17,18)19)13(21(2)20-7)11(22)6-8-3-4-10(16)9(5-8)14(23)24/h3-5H,6H2,1-2H3,(H,23,24). The van der Waals surface area contributed by atoms with Crippen molar-refractivity contribution < 1.29 is 27.9 Å². The lowest BCUT2D eigenvalue weighted by atomic mass is 10.0. The van der Waals surface area contributed by atoms with Gasteiger partial charge in [0.1, 0.15) is 11.3 Å². The lowest BCUT2D eigenvalue weighted by molar-refractivity contribution is -0.138. The van der Waals surface area contributed by atoms with E-state index in [4.69, 9.17) is 16.7 Å². The Kier molecular flexibility index (Phi) is 4.70. The Morgan fingerprint density at radius 3 is 2.50 bits per heavy atom. The van der Waals surface area contributed by atoms with Crippen LogP contribution in [-0.2, 0) is 19.6 Å². The normalized spacial score (nSPS) is 11.6. The molecule has 0 aliphatic heterocycles. The molecule has 0 amide bonds. The molecular weight excluding hydrogens is 349 g/mol. The fourth-order valence-electron chi connectivity index (χ4n) is 2.43. The van der Waals surface area contributed by atoms with Crippen LogP contribution in [0.2, 0.25) is 5.02 Å². The van der Waals surface area contributed by atoms with E-state index >= 15 is 0 Å². The molecule has 1 aromatic carbocycles. The number of halogens is 4. The van der Waals surface area contributed by atoms with Gasteiger partial charge in [0, 0.05) is 13.5 Å². The summed E-state index contributed by atoms with van der Waals surface area (Å²) >= 11 is 5.73. The zero-order chi connectivity index (χ0) is 18.2. The fourth-order valence-corrected chi connectivity index (χ4v) is 2.63. The number of ketones is 1. The number of carbonyl (C=O) groups is 2.